The number of halogens is 2. The van der Waals surface area contributed by atoms with Gasteiger partial charge >= 0.3 is 0 Å². The summed E-state index contributed by atoms with van der Waals surface area (Å²) in [6.07, 6.45) is 1.34. The zero-order chi connectivity index (χ0) is 29.0. The van der Waals surface area contributed by atoms with E-state index < -0.39 is 42.2 Å². The number of pyridine rings is 1. The molecule has 3 N–H and O–H groups in total. The van der Waals surface area contributed by atoms with Crippen LogP contribution in [0.1, 0.15) is 87.7 Å². The molecule has 0 aliphatic rings. The molecule has 0 fully saturated rings. The van der Waals surface area contributed by atoms with Gasteiger partial charge in [-0.25, -0.2) is 13.8 Å². The number of aromatic nitrogens is 3. The van der Waals surface area contributed by atoms with Gasteiger partial charge in [-0.15, -0.1) is 5.10 Å². The zero-order valence-corrected chi connectivity index (χ0v) is 23.4. The van der Waals surface area contributed by atoms with Gasteiger partial charge in [-0.2, -0.15) is 5.10 Å². The summed E-state index contributed by atoms with van der Waals surface area (Å²) in [4.78, 5) is 17.6. The van der Waals surface area contributed by atoms with Crippen molar-refractivity contribution in [3.05, 3.63) is 76.7 Å². The summed E-state index contributed by atoms with van der Waals surface area (Å²) >= 11 is 0. The Morgan fingerprint density at radius 1 is 1.00 bits per heavy atom. The number of nitrogens with one attached hydrogen (secondary N) is 1. The van der Waals surface area contributed by atoms with Crippen LogP contribution in [-0.4, -0.2) is 50.6 Å². The van der Waals surface area contributed by atoms with Gasteiger partial charge < -0.3 is 15.5 Å². The van der Waals surface area contributed by atoms with Gasteiger partial charge in [0, 0.05) is 0 Å². The third-order valence-corrected chi connectivity index (χ3v) is 6.92. The number of carbonyl (C=O) groups is 1. The van der Waals surface area contributed by atoms with Gasteiger partial charge in [0.2, 0.25) is 0 Å². The fourth-order valence-corrected chi connectivity index (χ4v) is 4.93. The molecular formula is C30H38F2N4O3. The van der Waals surface area contributed by atoms with Crippen molar-refractivity contribution in [2.45, 2.75) is 71.8 Å². The van der Waals surface area contributed by atoms with E-state index in [9.17, 15) is 23.8 Å². The predicted octanol–water partition coefficient (Wildman–Crippen LogP) is 5.16. The molecule has 2 aromatic heterocycles. The highest BCUT2D eigenvalue weighted by molar-refractivity contribution is 5.92. The molecule has 2 atom stereocenters. The van der Waals surface area contributed by atoms with Crippen LogP contribution in [0, 0.1) is 17.0 Å². The molecule has 1 aromatic carbocycles. The van der Waals surface area contributed by atoms with Crippen molar-refractivity contribution in [3.8, 4) is 11.3 Å². The van der Waals surface area contributed by atoms with E-state index in [2.05, 4.69) is 36.3 Å². The number of hydrogen-bond donors (Lipinski definition) is 3. The van der Waals surface area contributed by atoms with Crippen LogP contribution in [0.4, 0.5) is 8.78 Å². The minimum absolute atomic E-state index is 0.00951. The van der Waals surface area contributed by atoms with Crippen molar-refractivity contribution in [2.75, 3.05) is 13.2 Å². The second-order valence-corrected chi connectivity index (χ2v) is 11.5. The molecule has 3 rings (SSSR count). The third-order valence-electron chi connectivity index (χ3n) is 6.92. The van der Waals surface area contributed by atoms with Crippen LogP contribution in [0.25, 0.3) is 11.3 Å². The maximum atomic E-state index is 14.6. The van der Waals surface area contributed by atoms with Crippen LogP contribution in [0.5, 0.6) is 0 Å². The molecule has 39 heavy (non-hydrogen) atoms. The standard InChI is InChI=1S/C30H38F2N4O3/c1-7-18(2)20-14-24(26-21(31)10-8-11-22(26)32)35-36-27(20)30(6,17-29(3,4)5)25-13-9-12-23(34-25)28(39)33-19(15-37)16-38/h8-14,18-19,37-38H,7,15-17H2,1-6H3,(H,33,39)/t18-,30-/m0/s1. The maximum Gasteiger partial charge on any atom is 0.270 e. The average Bonchev–Trinajstić information content (AvgIpc) is 2.90. The first-order valence-electron chi connectivity index (χ1n) is 13.2. The molecule has 9 heteroatoms. The lowest BCUT2D eigenvalue weighted by atomic mass is 9.68. The quantitative estimate of drug-likeness (QED) is 0.328. The summed E-state index contributed by atoms with van der Waals surface area (Å²) in [7, 11) is 0. The van der Waals surface area contributed by atoms with Gasteiger partial charge in [0.1, 0.15) is 17.3 Å². The van der Waals surface area contributed by atoms with Crippen molar-refractivity contribution in [1.82, 2.24) is 20.5 Å². The summed E-state index contributed by atoms with van der Waals surface area (Å²) in [5, 5.41) is 30.2. The van der Waals surface area contributed by atoms with Gasteiger partial charge in [-0.1, -0.05) is 46.8 Å². The minimum atomic E-state index is -0.819. The molecule has 0 saturated carbocycles. The SMILES string of the molecule is CC[C@H](C)c1cc(-c2c(F)cccc2F)nnc1[C@@](C)(CC(C)(C)C)c1cccc(C(=O)NC(CO)CO)n1. The number of amides is 1. The first-order valence-corrected chi connectivity index (χ1v) is 13.2. The lowest BCUT2D eigenvalue weighted by Gasteiger charge is -2.37. The van der Waals surface area contributed by atoms with Gasteiger partial charge in [0.25, 0.3) is 5.91 Å². The number of rotatable bonds is 10. The highest BCUT2D eigenvalue weighted by Crippen LogP contribution is 2.44. The molecule has 0 aliphatic heterocycles. The Morgan fingerprint density at radius 2 is 1.62 bits per heavy atom. The van der Waals surface area contributed by atoms with Crippen molar-refractivity contribution in [3.63, 3.8) is 0 Å². The van der Waals surface area contributed by atoms with Crippen LogP contribution < -0.4 is 5.32 Å². The highest BCUT2D eigenvalue weighted by atomic mass is 19.1. The van der Waals surface area contributed by atoms with Gasteiger partial charge in [-0.05, 0) is 67.0 Å². The minimum Gasteiger partial charge on any atom is -0.394 e. The molecule has 0 saturated heterocycles. The van der Waals surface area contributed by atoms with E-state index in [-0.39, 0.29) is 28.3 Å². The van der Waals surface area contributed by atoms with Crippen molar-refractivity contribution in [1.29, 1.82) is 0 Å². The van der Waals surface area contributed by atoms with Crippen LogP contribution in [0.3, 0.4) is 0 Å². The Bertz CT molecular complexity index is 1290. The number of hydrogen-bond acceptors (Lipinski definition) is 6. The maximum absolute atomic E-state index is 14.6. The summed E-state index contributed by atoms with van der Waals surface area (Å²) in [5.74, 6) is -1.96. The zero-order valence-electron chi connectivity index (χ0n) is 23.4. The fourth-order valence-electron chi connectivity index (χ4n) is 4.93. The Kier molecular flexibility index (Phi) is 9.51. The highest BCUT2D eigenvalue weighted by Gasteiger charge is 2.39. The molecule has 2 heterocycles. The summed E-state index contributed by atoms with van der Waals surface area (Å²) in [6.45, 7) is 11.5. The lowest BCUT2D eigenvalue weighted by Crippen LogP contribution is -2.41. The first-order chi connectivity index (χ1) is 18.3. The molecule has 0 unspecified atom stereocenters. The van der Waals surface area contributed by atoms with Gasteiger partial charge in [0.15, 0.2) is 0 Å². The largest absolute Gasteiger partial charge is 0.394 e. The fraction of sp³-hybridized carbons (Fsp3) is 0.467. The molecule has 0 bridgehead atoms. The molecule has 1 amide bonds. The Morgan fingerprint density at radius 3 is 2.18 bits per heavy atom. The van der Waals surface area contributed by atoms with Crippen molar-refractivity contribution in [2.24, 2.45) is 5.41 Å². The Labute approximate surface area is 228 Å². The van der Waals surface area contributed by atoms with Gasteiger partial charge in [0.05, 0.1) is 47.3 Å². The van der Waals surface area contributed by atoms with E-state index in [1.54, 1.807) is 18.2 Å². The molecule has 0 spiro atoms. The van der Waals surface area contributed by atoms with Crippen molar-refractivity contribution < 1.29 is 23.8 Å². The number of aliphatic hydroxyl groups excluding tert-OH is 2. The van der Waals surface area contributed by atoms with Crippen LogP contribution >= 0.6 is 0 Å². The smallest absolute Gasteiger partial charge is 0.270 e. The van der Waals surface area contributed by atoms with E-state index in [0.29, 0.717) is 17.8 Å². The summed E-state index contributed by atoms with van der Waals surface area (Å²) < 4.78 is 29.3. The Balaban J connectivity index is 2.22. The van der Waals surface area contributed by atoms with E-state index in [1.165, 1.54) is 18.2 Å². The third kappa shape index (κ3) is 6.83. The second kappa shape index (κ2) is 12.3. The van der Waals surface area contributed by atoms with E-state index in [1.807, 2.05) is 26.8 Å². The number of benzene rings is 1. The van der Waals surface area contributed by atoms with Crippen LogP contribution in [-0.2, 0) is 5.41 Å². The lowest BCUT2D eigenvalue weighted by molar-refractivity contribution is 0.0874. The monoisotopic (exact) mass is 540 g/mol. The molecular weight excluding hydrogens is 502 g/mol. The van der Waals surface area contributed by atoms with Crippen LogP contribution in [0.2, 0.25) is 0 Å². The Hall–Kier alpha value is -3.30. The summed E-state index contributed by atoms with van der Waals surface area (Å²) in [6, 6.07) is 9.71. The van der Waals surface area contributed by atoms with E-state index in [0.717, 1.165) is 12.0 Å². The molecule has 3 aromatic rings. The van der Waals surface area contributed by atoms with Gasteiger partial charge in [-0.3, -0.25) is 4.79 Å². The van der Waals surface area contributed by atoms with Crippen LogP contribution in [0.15, 0.2) is 42.5 Å². The van der Waals surface area contributed by atoms with E-state index in [4.69, 9.17) is 4.98 Å². The van der Waals surface area contributed by atoms with Crippen molar-refractivity contribution >= 4 is 5.91 Å². The predicted molar refractivity (Wildman–Crippen MR) is 146 cm³/mol. The molecule has 0 aliphatic carbocycles. The number of nitrogens with zero attached hydrogens (tertiary/aromatic N) is 3. The second-order valence-electron chi connectivity index (χ2n) is 11.5. The number of aliphatic hydroxyl groups is 2. The molecule has 210 valence electrons. The average molecular weight is 541 g/mol. The first kappa shape index (κ1) is 30.2. The molecule has 7 nitrogen and oxygen atoms in total. The number of carbonyl (C=O) groups excluding carboxylic acids is 1. The summed E-state index contributed by atoms with van der Waals surface area (Å²) in [5.41, 5.74) is 1.01. The topological polar surface area (TPSA) is 108 Å². The van der Waals surface area contributed by atoms with E-state index >= 15 is 0 Å². The molecule has 0 radical (unpaired) electrons. The normalized spacial score (nSPS) is 14.2.